The number of esters is 4. The highest BCUT2D eigenvalue weighted by atomic mass is 16.7. The zero-order valence-corrected chi connectivity index (χ0v) is 18.4. The molecule has 15 nitrogen and oxygen atoms in total. The van der Waals surface area contributed by atoms with Crippen LogP contribution in [-0.2, 0) is 42.9 Å². The van der Waals surface area contributed by atoms with Crippen LogP contribution in [-0.4, -0.2) is 91.3 Å². The highest BCUT2D eigenvalue weighted by molar-refractivity contribution is 5.73. The van der Waals surface area contributed by atoms with Gasteiger partial charge in [0.2, 0.25) is 6.29 Å². The van der Waals surface area contributed by atoms with Crippen molar-refractivity contribution in [2.24, 2.45) is 5.29 Å². The largest absolute Gasteiger partial charge is 0.463 e. The number of carbonyl (C=O) groups is 5. The minimum Gasteiger partial charge on any atom is -0.463 e. The molecule has 0 radical (unpaired) electrons. The van der Waals surface area contributed by atoms with Gasteiger partial charge in [-0.3, -0.25) is 24.6 Å². The number of nitrogens with zero attached hydrogens (tertiary/aromatic N) is 3. The molecule has 0 bridgehead atoms. The summed E-state index contributed by atoms with van der Waals surface area (Å²) in [5, 5.41) is 3.94. The number of hydrazine groups is 1. The Kier molecular flexibility index (Phi) is 9.93. The fraction of sp³-hybridized carbons (Fsp3) is 0.706. The van der Waals surface area contributed by atoms with E-state index in [0.29, 0.717) is 5.01 Å². The van der Waals surface area contributed by atoms with Gasteiger partial charge in [0.25, 0.3) is 0 Å². The molecule has 5 atom stereocenters. The standard InChI is InChI=1S/C17H26N4O11/c1-8(22)28-7-12-14(29-9(2)23)15(30-10(3)24)13(16(32-12)31-11(4)25)20(5)18-17(26)21(6)19-27/h12-16H,7H2,1-6H3,(H,18,26)/t12-,13+,14-,15+,16+/m1/s1. The lowest BCUT2D eigenvalue weighted by Gasteiger charge is -2.47. The molecule has 0 aromatic rings. The highest BCUT2D eigenvalue weighted by Gasteiger charge is 2.53. The molecule has 0 spiro atoms. The lowest BCUT2D eigenvalue weighted by Crippen LogP contribution is -2.68. The SMILES string of the molecule is CC(=O)OC[C@H]1O[C@H](OC(C)=O)[C@@H](N(C)NC(=O)N(C)N=O)[C@H](OC(C)=O)[C@@H]1OC(C)=O. The molecule has 1 rings (SSSR count). The quantitative estimate of drug-likeness (QED) is 0.206. The molecule has 0 saturated carbocycles. The first kappa shape index (κ1) is 26.7. The number of likely N-dealkylation sites (N-methyl/N-ethyl adjacent to an activating group) is 1. The van der Waals surface area contributed by atoms with Crippen molar-refractivity contribution in [3.8, 4) is 0 Å². The molecule has 1 aliphatic heterocycles. The average Bonchev–Trinajstić information content (AvgIpc) is 2.66. The van der Waals surface area contributed by atoms with E-state index in [1.165, 1.54) is 7.05 Å². The Hall–Kier alpha value is -3.33. The molecule has 1 N–H and O–H groups in total. The summed E-state index contributed by atoms with van der Waals surface area (Å²) in [6, 6.07) is -2.23. The van der Waals surface area contributed by atoms with Crippen LogP contribution in [0.15, 0.2) is 5.29 Å². The third kappa shape index (κ3) is 7.73. The van der Waals surface area contributed by atoms with E-state index < -0.39 is 67.2 Å². The highest BCUT2D eigenvalue weighted by Crippen LogP contribution is 2.30. The monoisotopic (exact) mass is 462 g/mol. The summed E-state index contributed by atoms with van der Waals surface area (Å²) in [5.41, 5.74) is 2.28. The van der Waals surface area contributed by atoms with Gasteiger partial charge in [-0.25, -0.2) is 9.80 Å². The first-order valence-corrected chi connectivity index (χ1v) is 9.28. The predicted octanol–water partition coefficient (Wildman–Crippen LogP) is -0.761. The predicted molar refractivity (Wildman–Crippen MR) is 102 cm³/mol. The Balaban J connectivity index is 3.41. The van der Waals surface area contributed by atoms with E-state index in [0.717, 1.165) is 39.8 Å². The summed E-state index contributed by atoms with van der Waals surface area (Å²) in [4.78, 5) is 69.1. The first-order valence-electron chi connectivity index (χ1n) is 9.28. The summed E-state index contributed by atoms with van der Waals surface area (Å²) >= 11 is 0. The number of nitrogens with one attached hydrogen (secondary N) is 1. The summed E-state index contributed by atoms with van der Waals surface area (Å²) < 4.78 is 26.4. The summed E-state index contributed by atoms with van der Waals surface area (Å²) in [6.07, 6.45) is -5.37. The van der Waals surface area contributed by atoms with Gasteiger partial charge in [-0.05, 0) is 0 Å². The lowest BCUT2D eigenvalue weighted by molar-refractivity contribution is -0.286. The Morgan fingerprint density at radius 3 is 1.88 bits per heavy atom. The van der Waals surface area contributed by atoms with Gasteiger partial charge < -0.3 is 23.7 Å². The van der Waals surface area contributed by atoms with Crippen LogP contribution in [0.4, 0.5) is 4.79 Å². The van der Waals surface area contributed by atoms with Crippen molar-refractivity contribution in [3.05, 3.63) is 4.91 Å². The van der Waals surface area contributed by atoms with Gasteiger partial charge in [-0.15, -0.1) is 4.91 Å². The molecule has 15 heteroatoms. The smallest absolute Gasteiger partial charge is 0.354 e. The minimum absolute atomic E-state index is 0.427. The van der Waals surface area contributed by atoms with Crippen LogP contribution >= 0.6 is 0 Å². The maximum atomic E-state index is 12.1. The van der Waals surface area contributed by atoms with Crippen LogP contribution in [0.2, 0.25) is 0 Å². The van der Waals surface area contributed by atoms with Crippen molar-refractivity contribution in [2.45, 2.75) is 58.3 Å². The molecular formula is C17H26N4O11. The number of urea groups is 1. The summed E-state index contributed by atoms with van der Waals surface area (Å²) in [5.74, 6) is -3.02. The maximum Gasteiger partial charge on any atom is 0.354 e. The minimum atomic E-state index is -1.48. The molecule has 1 heterocycles. The molecule has 0 aromatic heterocycles. The van der Waals surface area contributed by atoms with Crippen LogP contribution in [0.3, 0.4) is 0 Å². The van der Waals surface area contributed by atoms with Gasteiger partial charge in [-0.1, -0.05) is 0 Å². The van der Waals surface area contributed by atoms with Crippen LogP contribution in [0.1, 0.15) is 27.7 Å². The number of carbonyl (C=O) groups excluding carboxylic acids is 5. The summed E-state index contributed by atoms with van der Waals surface area (Å²) in [6.45, 7) is 3.98. The van der Waals surface area contributed by atoms with Crippen LogP contribution < -0.4 is 5.43 Å². The van der Waals surface area contributed by atoms with Crippen molar-refractivity contribution in [2.75, 3.05) is 20.7 Å². The van der Waals surface area contributed by atoms with E-state index >= 15 is 0 Å². The Morgan fingerprint density at radius 1 is 0.875 bits per heavy atom. The number of hydrogen-bond acceptors (Lipinski definition) is 13. The lowest BCUT2D eigenvalue weighted by atomic mass is 9.96. The number of amides is 2. The number of nitroso groups, excluding NO2 is 1. The van der Waals surface area contributed by atoms with Gasteiger partial charge >= 0.3 is 29.9 Å². The van der Waals surface area contributed by atoms with Gasteiger partial charge in [0.1, 0.15) is 18.8 Å². The molecule has 0 aliphatic carbocycles. The first-order chi connectivity index (χ1) is 14.9. The second kappa shape index (κ2) is 11.9. The van der Waals surface area contributed by atoms with Gasteiger partial charge in [0.15, 0.2) is 12.2 Å². The van der Waals surface area contributed by atoms with Crippen molar-refractivity contribution >= 4 is 29.9 Å². The van der Waals surface area contributed by atoms with E-state index in [2.05, 4.69) is 10.7 Å². The normalized spacial score (nSPS) is 24.7. The van der Waals surface area contributed by atoms with Crippen molar-refractivity contribution in [1.29, 1.82) is 0 Å². The van der Waals surface area contributed by atoms with Crippen LogP contribution in [0.25, 0.3) is 0 Å². The Labute approximate surface area is 183 Å². The molecule has 32 heavy (non-hydrogen) atoms. The van der Waals surface area contributed by atoms with Crippen LogP contribution in [0.5, 0.6) is 0 Å². The molecule has 1 saturated heterocycles. The topological polar surface area (TPSA) is 179 Å². The molecule has 180 valence electrons. The third-order valence-corrected chi connectivity index (χ3v) is 4.09. The van der Waals surface area contributed by atoms with Crippen molar-refractivity contribution < 1.29 is 47.7 Å². The van der Waals surface area contributed by atoms with E-state index in [9.17, 15) is 28.9 Å². The van der Waals surface area contributed by atoms with Gasteiger partial charge in [-0.2, -0.15) is 5.01 Å². The number of ether oxygens (including phenoxy) is 5. The Morgan fingerprint density at radius 2 is 1.41 bits per heavy atom. The van der Waals surface area contributed by atoms with E-state index in [1.807, 2.05) is 0 Å². The zero-order chi connectivity index (χ0) is 24.6. The second-order valence-electron chi connectivity index (χ2n) is 6.73. The van der Waals surface area contributed by atoms with E-state index in [-0.39, 0.29) is 0 Å². The summed E-state index contributed by atoms with van der Waals surface area (Å²) in [7, 11) is 2.38. The Bertz CT molecular complexity index is 746. The third-order valence-electron chi connectivity index (χ3n) is 4.09. The average molecular weight is 462 g/mol. The maximum absolute atomic E-state index is 12.1. The van der Waals surface area contributed by atoms with Gasteiger partial charge in [0, 0.05) is 41.8 Å². The molecule has 0 unspecified atom stereocenters. The molecule has 0 aromatic carbocycles. The van der Waals surface area contributed by atoms with E-state index in [1.54, 1.807) is 0 Å². The fourth-order valence-corrected chi connectivity index (χ4v) is 2.89. The molecule has 1 aliphatic rings. The molecule has 2 amide bonds. The van der Waals surface area contributed by atoms with Crippen molar-refractivity contribution in [1.82, 2.24) is 15.4 Å². The molecule has 1 fully saturated rings. The van der Waals surface area contributed by atoms with Crippen LogP contribution in [0, 0.1) is 4.91 Å². The number of rotatable bonds is 8. The fourth-order valence-electron chi connectivity index (χ4n) is 2.89. The van der Waals surface area contributed by atoms with Gasteiger partial charge in [0.05, 0.1) is 5.29 Å². The zero-order valence-electron chi connectivity index (χ0n) is 18.4. The van der Waals surface area contributed by atoms with E-state index in [4.69, 9.17) is 23.7 Å². The number of hydrogen-bond donors (Lipinski definition) is 1. The second-order valence-corrected chi connectivity index (χ2v) is 6.73. The van der Waals surface area contributed by atoms with Crippen molar-refractivity contribution in [3.63, 3.8) is 0 Å². The molecular weight excluding hydrogens is 436 g/mol.